The topological polar surface area (TPSA) is 60.9 Å². The van der Waals surface area contributed by atoms with Gasteiger partial charge in [0.2, 0.25) is 0 Å². The Morgan fingerprint density at radius 1 is 1.56 bits per heavy atom. The van der Waals surface area contributed by atoms with Crippen molar-refractivity contribution >= 4 is 16.7 Å². The van der Waals surface area contributed by atoms with Crippen LogP contribution in [0.4, 0.5) is 4.39 Å². The van der Waals surface area contributed by atoms with Gasteiger partial charge in [-0.1, -0.05) is 0 Å². The molecule has 2 N–H and O–H groups in total. The van der Waals surface area contributed by atoms with Crippen LogP contribution in [-0.2, 0) is 7.05 Å². The number of Topliss-reactive ketones (excluding diaryl/α,β-unsaturated/α-hetero) is 1. The molecule has 0 bridgehead atoms. The minimum absolute atomic E-state index is 0.229. The highest BCUT2D eigenvalue weighted by atomic mass is 19.1. The molecule has 0 saturated carbocycles. The number of carbonyl (C=O) groups excluding carboxylic acids is 1. The number of nitrogens with zero attached hydrogens (tertiary/aromatic N) is 2. The Labute approximate surface area is 91.8 Å². The van der Waals surface area contributed by atoms with Gasteiger partial charge in [-0.3, -0.25) is 9.48 Å². The average molecular weight is 221 g/mol. The second-order valence-corrected chi connectivity index (χ2v) is 3.79. The molecule has 1 unspecified atom stereocenters. The molecule has 0 aliphatic carbocycles. The lowest BCUT2D eigenvalue weighted by molar-refractivity contribution is 0.0964. The first kappa shape index (κ1) is 10.8. The molecule has 0 saturated heterocycles. The van der Waals surface area contributed by atoms with Gasteiger partial charge in [0.05, 0.1) is 11.6 Å². The summed E-state index contributed by atoms with van der Waals surface area (Å²) in [6.45, 7) is 1.59. The van der Waals surface area contributed by atoms with Crippen LogP contribution < -0.4 is 5.73 Å². The Bertz CT molecular complexity index is 560. The summed E-state index contributed by atoms with van der Waals surface area (Å²) in [6, 6.07) is 3.60. The van der Waals surface area contributed by atoms with Crippen molar-refractivity contribution in [2.45, 2.75) is 13.0 Å². The molecule has 16 heavy (non-hydrogen) atoms. The summed E-state index contributed by atoms with van der Waals surface area (Å²) in [7, 11) is 1.71. The van der Waals surface area contributed by atoms with Crippen LogP contribution >= 0.6 is 0 Å². The monoisotopic (exact) mass is 221 g/mol. The van der Waals surface area contributed by atoms with Crippen LogP contribution in [0.5, 0.6) is 0 Å². The molecule has 0 aliphatic heterocycles. The molecular weight excluding hydrogens is 209 g/mol. The number of aryl methyl sites for hydroxylation is 1. The third-order valence-corrected chi connectivity index (χ3v) is 2.46. The number of nitrogens with two attached hydrogens (primary N) is 1. The van der Waals surface area contributed by atoms with Crippen molar-refractivity contribution in [3.63, 3.8) is 0 Å². The Hall–Kier alpha value is -1.75. The molecule has 0 fully saturated rings. The molecule has 0 amide bonds. The number of rotatable bonds is 2. The smallest absolute Gasteiger partial charge is 0.200 e. The van der Waals surface area contributed by atoms with Gasteiger partial charge in [-0.15, -0.1) is 0 Å². The predicted molar refractivity (Wildman–Crippen MR) is 58.7 cm³/mol. The van der Waals surface area contributed by atoms with E-state index in [9.17, 15) is 9.18 Å². The molecule has 1 aromatic heterocycles. The van der Waals surface area contributed by atoms with Crippen molar-refractivity contribution in [3.8, 4) is 0 Å². The van der Waals surface area contributed by atoms with Crippen molar-refractivity contribution in [1.29, 1.82) is 0 Å². The van der Waals surface area contributed by atoms with E-state index in [0.29, 0.717) is 10.9 Å². The van der Waals surface area contributed by atoms with Gasteiger partial charge in [-0.05, 0) is 25.1 Å². The van der Waals surface area contributed by atoms with Crippen molar-refractivity contribution in [1.82, 2.24) is 9.78 Å². The van der Waals surface area contributed by atoms with Gasteiger partial charge in [0, 0.05) is 12.4 Å². The van der Waals surface area contributed by atoms with Crippen LogP contribution in [0.25, 0.3) is 10.9 Å². The molecule has 84 valence electrons. The molecule has 1 heterocycles. The minimum Gasteiger partial charge on any atom is -0.321 e. The largest absolute Gasteiger partial charge is 0.321 e. The van der Waals surface area contributed by atoms with Crippen LogP contribution in [-0.4, -0.2) is 21.6 Å². The van der Waals surface area contributed by atoms with E-state index in [2.05, 4.69) is 5.10 Å². The highest BCUT2D eigenvalue weighted by Crippen LogP contribution is 2.20. The van der Waals surface area contributed by atoms with Gasteiger partial charge in [0.1, 0.15) is 11.5 Å². The standard InChI is InChI=1S/C11H12FN3O/c1-6(13)11(16)10-8-5-7(12)3-4-9(8)15(2)14-10/h3-6H,13H2,1-2H3. The molecule has 4 nitrogen and oxygen atoms in total. The van der Waals surface area contributed by atoms with Crippen LogP contribution in [0.3, 0.4) is 0 Å². The average Bonchev–Trinajstić information content (AvgIpc) is 2.54. The van der Waals surface area contributed by atoms with Crippen LogP contribution in [0, 0.1) is 5.82 Å². The predicted octanol–water partition coefficient (Wildman–Crippen LogP) is 1.24. The Morgan fingerprint density at radius 2 is 2.25 bits per heavy atom. The van der Waals surface area contributed by atoms with Crippen molar-refractivity contribution in [2.24, 2.45) is 12.8 Å². The summed E-state index contributed by atoms with van der Waals surface area (Å²) in [5.41, 5.74) is 6.46. The summed E-state index contributed by atoms with van der Waals surface area (Å²) in [5, 5.41) is 4.58. The van der Waals surface area contributed by atoms with Gasteiger partial charge in [-0.25, -0.2) is 4.39 Å². The molecule has 2 aromatic rings. The molecule has 5 heteroatoms. The van der Waals surface area contributed by atoms with E-state index in [4.69, 9.17) is 5.73 Å². The van der Waals surface area contributed by atoms with Crippen LogP contribution in [0.15, 0.2) is 18.2 Å². The van der Waals surface area contributed by atoms with Crippen molar-refractivity contribution in [3.05, 3.63) is 29.7 Å². The highest BCUT2D eigenvalue weighted by Gasteiger charge is 2.19. The van der Waals surface area contributed by atoms with Gasteiger partial charge < -0.3 is 5.73 Å². The maximum absolute atomic E-state index is 13.1. The second-order valence-electron chi connectivity index (χ2n) is 3.79. The lowest BCUT2D eigenvalue weighted by Gasteiger charge is -2.00. The Morgan fingerprint density at radius 3 is 2.88 bits per heavy atom. The van der Waals surface area contributed by atoms with Crippen molar-refractivity contribution < 1.29 is 9.18 Å². The lowest BCUT2D eigenvalue weighted by atomic mass is 10.1. The Balaban J connectivity index is 2.71. The first-order valence-electron chi connectivity index (χ1n) is 4.92. The number of hydrogen-bond acceptors (Lipinski definition) is 3. The van der Waals surface area contributed by atoms with E-state index in [1.165, 1.54) is 12.1 Å². The van der Waals surface area contributed by atoms with Crippen molar-refractivity contribution in [2.75, 3.05) is 0 Å². The van der Waals surface area contributed by atoms with Crippen LogP contribution in [0.2, 0.25) is 0 Å². The zero-order valence-electron chi connectivity index (χ0n) is 9.07. The third kappa shape index (κ3) is 1.59. The number of carbonyl (C=O) groups is 1. The summed E-state index contributed by atoms with van der Waals surface area (Å²) >= 11 is 0. The lowest BCUT2D eigenvalue weighted by Crippen LogP contribution is -2.27. The maximum atomic E-state index is 13.1. The van der Waals surface area contributed by atoms with E-state index in [-0.39, 0.29) is 17.3 Å². The van der Waals surface area contributed by atoms with E-state index < -0.39 is 6.04 Å². The number of hydrogen-bond donors (Lipinski definition) is 1. The molecule has 2 rings (SSSR count). The summed E-state index contributed by atoms with van der Waals surface area (Å²) < 4.78 is 14.7. The van der Waals surface area contributed by atoms with E-state index in [1.807, 2.05) is 0 Å². The number of benzene rings is 1. The number of ketones is 1. The quantitative estimate of drug-likeness (QED) is 0.776. The van der Waals surface area contributed by atoms with E-state index in [0.717, 1.165) is 0 Å². The fourth-order valence-corrected chi connectivity index (χ4v) is 1.64. The van der Waals surface area contributed by atoms with E-state index in [1.54, 1.807) is 24.7 Å². The molecule has 1 aromatic carbocycles. The molecule has 1 atom stereocenters. The molecule has 0 aliphatic rings. The zero-order chi connectivity index (χ0) is 11.9. The highest BCUT2D eigenvalue weighted by molar-refractivity contribution is 6.08. The zero-order valence-corrected chi connectivity index (χ0v) is 9.07. The van der Waals surface area contributed by atoms with Gasteiger partial charge >= 0.3 is 0 Å². The Kier molecular flexibility index (Phi) is 2.47. The molecule has 0 radical (unpaired) electrons. The molecule has 0 spiro atoms. The summed E-state index contributed by atoms with van der Waals surface area (Å²) in [6.07, 6.45) is 0. The maximum Gasteiger partial charge on any atom is 0.200 e. The van der Waals surface area contributed by atoms with Gasteiger partial charge in [-0.2, -0.15) is 5.10 Å². The van der Waals surface area contributed by atoms with Crippen LogP contribution in [0.1, 0.15) is 17.4 Å². The fourth-order valence-electron chi connectivity index (χ4n) is 1.64. The summed E-state index contributed by atoms with van der Waals surface area (Å²) in [4.78, 5) is 11.8. The first-order chi connectivity index (χ1) is 7.50. The molecular formula is C11H12FN3O. The fraction of sp³-hybridized carbons (Fsp3) is 0.273. The summed E-state index contributed by atoms with van der Waals surface area (Å²) in [5.74, 6) is -0.671. The third-order valence-electron chi connectivity index (χ3n) is 2.46. The van der Waals surface area contributed by atoms with Gasteiger partial charge in [0.15, 0.2) is 5.78 Å². The second kappa shape index (κ2) is 3.68. The SMILES string of the molecule is CC(N)C(=O)c1nn(C)c2ccc(F)cc12. The van der Waals surface area contributed by atoms with Gasteiger partial charge in [0.25, 0.3) is 0 Å². The first-order valence-corrected chi connectivity index (χ1v) is 4.92. The minimum atomic E-state index is -0.638. The number of halogens is 1. The normalized spacial score (nSPS) is 13.0. The number of fused-ring (bicyclic) bond motifs is 1. The number of aromatic nitrogens is 2. The van der Waals surface area contributed by atoms with E-state index >= 15 is 0 Å².